The monoisotopic (exact) mass is 566 g/mol. The Morgan fingerprint density at radius 3 is 1.48 bits per heavy atom. The lowest BCUT2D eigenvalue weighted by Gasteiger charge is -2.19. The van der Waals surface area contributed by atoms with Gasteiger partial charge in [-0.2, -0.15) is 5.26 Å². The van der Waals surface area contributed by atoms with Gasteiger partial charge in [0.1, 0.15) is 17.7 Å². The predicted octanol–water partition coefficient (Wildman–Crippen LogP) is 8.97. The Labute approximate surface area is 250 Å². The molecule has 0 aromatic heterocycles. The minimum Gasteiger partial charge on any atom is -0.234 e. The topological polar surface area (TPSA) is 84.4 Å². The van der Waals surface area contributed by atoms with Crippen molar-refractivity contribution < 1.29 is 8.78 Å². The zero-order valence-corrected chi connectivity index (χ0v) is 22.4. The smallest absolute Gasteiger partial charge is 0.234 e. The number of halogens is 2. The van der Waals surface area contributed by atoms with Crippen molar-refractivity contribution in [3.05, 3.63) is 158 Å². The highest BCUT2D eigenvalue weighted by Gasteiger charge is 2.42. The molecule has 4 aromatic carbocycles. The van der Waals surface area contributed by atoms with Crippen molar-refractivity contribution in [1.82, 2.24) is 0 Å². The Kier molecular flexibility index (Phi) is 6.39. The second kappa shape index (κ2) is 10.4. The van der Waals surface area contributed by atoms with E-state index in [-0.39, 0.29) is 44.9 Å². The van der Waals surface area contributed by atoms with Gasteiger partial charge in [-0.15, -0.1) is 0 Å². The van der Waals surface area contributed by atoms with Crippen LogP contribution in [0.3, 0.4) is 0 Å². The van der Waals surface area contributed by atoms with Crippen LogP contribution in [0.1, 0.15) is 27.8 Å². The first-order chi connectivity index (χ1) is 21.4. The lowest BCUT2D eigenvalue weighted by atomic mass is 9.83. The third-order valence-electron chi connectivity index (χ3n) is 7.63. The normalized spacial score (nSPS) is 14.5. The molecule has 44 heavy (non-hydrogen) atoms. The summed E-state index contributed by atoms with van der Waals surface area (Å²) in [5.74, 6) is -1.47. The van der Waals surface area contributed by atoms with Gasteiger partial charge in [0.2, 0.25) is 5.69 Å². The molecule has 8 heteroatoms. The molecule has 2 aliphatic carbocycles. The largest absolute Gasteiger partial charge is 0.270 e. The Bertz CT molecular complexity index is 2170. The number of nitriles is 3. The molecule has 0 saturated heterocycles. The number of rotatable bonds is 2. The van der Waals surface area contributed by atoms with Gasteiger partial charge in [-0.25, -0.2) is 33.8 Å². The number of hydrogen-bond acceptors (Lipinski definition) is 3. The maximum Gasteiger partial charge on any atom is 0.270 e. The van der Waals surface area contributed by atoms with Crippen LogP contribution in [0.25, 0.3) is 59.1 Å². The molecule has 0 fully saturated rings. The minimum atomic E-state index is -0.738. The van der Waals surface area contributed by atoms with Crippen molar-refractivity contribution >= 4 is 28.0 Å². The predicted molar refractivity (Wildman–Crippen MR) is 160 cm³/mol. The summed E-state index contributed by atoms with van der Waals surface area (Å²) >= 11 is 0. The molecule has 0 aliphatic heterocycles. The summed E-state index contributed by atoms with van der Waals surface area (Å²) in [5.41, 5.74) is 3.18. The molecule has 0 unspecified atom stereocenters. The van der Waals surface area contributed by atoms with Crippen LogP contribution in [0.2, 0.25) is 0 Å². The third kappa shape index (κ3) is 3.64. The van der Waals surface area contributed by atoms with Gasteiger partial charge in [-0.1, -0.05) is 60.7 Å². The zero-order chi connectivity index (χ0) is 31.1. The van der Waals surface area contributed by atoms with Crippen molar-refractivity contribution in [3.63, 3.8) is 0 Å². The summed E-state index contributed by atoms with van der Waals surface area (Å²) in [6.45, 7) is 23.4. The molecule has 2 aliphatic rings. The molecule has 0 radical (unpaired) electrons. The molecule has 6 nitrogen and oxygen atoms in total. The van der Waals surface area contributed by atoms with E-state index in [1.165, 1.54) is 18.2 Å². The van der Waals surface area contributed by atoms with Crippen molar-refractivity contribution in [2.45, 2.75) is 0 Å². The molecule has 200 valence electrons. The van der Waals surface area contributed by atoms with E-state index in [2.05, 4.69) is 14.5 Å². The fraction of sp³-hybridized carbons (Fsp3) is 0. The molecule has 0 heterocycles. The van der Waals surface area contributed by atoms with Crippen molar-refractivity contribution in [2.75, 3.05) is 0 Å². The van der Waals surface area contributed by atoms with Crippen LogP contribution >= 0.6 is 0 Å². The average molecular weight is 567 g/mol. The first-order valence-corrected chi connectivity index (χ1v) is 12.9. The number of hydrogen-bond donors (Lipinski definition) is 0. The van der Waals surface area contributed by atoms with Crippen molar-refractivity contribution in [3.8, 4) is 40.5 Å². The van der Waals surface area contributed by atoms with Crippen molar-refractivity contribution in [1.29, 1.82) is 15.8 Å². The quantitative estimate of drug-likeness (QED) is 0.179. The lowest BCUT2D eigenvalue weighted by Crippen LogP contribution is -2.00. The van der Waals surface area contributed by atoms with Gasteiger partial charge in [-0.05, 0) is 62.2 Å². The lowest BCUT2D eigenvalue weighted by molar-refractivity contribution is 0.624. The molecule has 0 N–H and O–H groups in total. The minimum absolute atomic E-state index is 0.205. The SMILES string of the molecule is [C-]#[N+]/C(C#N)=C1C2=C(/C(=C(\C#N)[N+]#[C-])c3c2cccc3-c2cccc(F)c2[N+]#[C-])c2cccc(-c3cccc(F)c3C#N)c2\1. The Balaban J connectivity index is 1.80. The summed E-state index contributed by atoms with van der Waals surface area (Å²) in [6, 6.07) is 24.3. The van der Waals surface area contributed by atoms with E-state index in [1.54, 1.807) is 48.5 Å². The standard InChI is InChI=1S/C36H12F2N6/c1-42-28(17-40)34-30-20(19-8-6-14-26(37)25(19)16-39)9-4-12-23(30)32-33(34)24-13-5-10-21(31(24)35(32)29(18-41)43-2)22-11-7-15-27(38)36(22)44-3/h4-15H/b34-28-,35-29+. The maximum absolute atomic E-state index is 14.8. The van der Waals surface area contributed by atoms with E-state index >= 15 is 0 Å². The van der Waals surface area contributed by atoms with Crippen LogP contribution in [0.15, 0.2) is 84.2 Å². The van der Waals surface area contributed by atoms with E-state index < -0.39 is 11.6 Å². The van der Waals surface area contributed by atoms with Gasteiger partial charge in [0.05, 0.1) is 37.4 Å². The highest BCUT2D eigenvalue weighted by Crippen LogP contribution is 2.62. The van der Waals surface area contributed by atoms with Crippen LogP contribution in [-0.2, 0) is 0 Å². The Morgan fingerprint density at radius 1 is 0.568 bits per heavy atom. The zero-order valence-electron chi connectivity index (χ0n) is 22.4. The van der Waals surface area contributed by atoms with Gasteiger partial charge in [-0.3, -0.25) is 0 Å². The van der Waals surface area contributed by atoms with Crippen LogP contribution in [-0.4, -0.2) is 0 Å². The molecule has 0 spiro atoms. The van der Waals surface area contributed by atoms with E-state index in [0.29, 0.717) is 44.5 Å². The molecular weight excluding hydrogens is 554 g/mol. The van der Waals surface area contributed by atoms with Crippen LogP contribution in [0, 0.1) is 65.3 Å². The van der Waals surface area contributed by atoms with Crippen LogP contribution in [0.5, 0.6) is 0 Å². The van der Waals surface area contributed by atoms with Crippen molar-refractivity contribution in [2.24, 2.45) is 0 Å². The molecule has 6 rings (SSSR count). The second-order valence-corrected chi connectivity index (χ2v) is 9.62. The first-order valence-electron chi connectivity index (χ1n) is 12.9. The van der Waals surface area contributed by atoms with E-state index in [0.717, 1.165) is 6.07 Å². The molecular formula is C36H12F2N6. The third-order valence-corrected chi connectivity index (χ3v) is 7.63. The van der Waals surface area contributed by atoms with Gasteiger partial charge in [0, 0.05) is 16.7 Å². The highest BCUT2D eigenvalue weighted by molar-refractivity contribution is 6.39. The number of para-hydroxylation sites is 1. The molecule has 0 atom stereocenters. The van der Waals surface area contributed by atoms with Crippen LogP contribution < -0.4 is 0 Å². The van der Waals surface area contributed by atoms with Crippen LogP contribution in [0.4, 0.5) is 14.5 Å². The molecule has 0 amide bonds. The summed E-state index contributed by atoms with van der Waals surface area (Å²) in [4.78, 5) is 10.4. The molecule has 0 saturated carbocycles. The summed E-state index contributed by atoms with van der Waals surface area (Å²) in [5, 5.41) is 30.1. The maximum atomic E-state index is 14.8. The average Bonchev–Trinajstić information content (AvgIpc) is 3.56. The fourth-order valence-electron chi connectivity index (χ4n) is 6.00. The Hall–Kier alpha value is -7.10. The van der Waals surface area contributed by atoms with Gasteiger partial charge in [0.25, 0.3) is 11.4 Å². The van der Waals surface area contributed by atoms with Gasteiger partial charge >= 0.3 is 0 Å². The number of allylic oxidation sites excluding steroid dienone is 6. The molecule has 4 aromatic rings. The first kappa shape index (κ1) is 27.1. The second-order valence-electron chi connectivity index (χ2n) is 9.62. The van der Waals surface area contributed by atoms with Gasteiger partial charge in [0.15, 0.2) is 0 Å². The van der Waals surface area contributed by atoms with E-state index in [4.69, 9.17) is 19.7 Å². The summed E-state index contributed by atoms with van der Waals surface area (Å²) < 4.78 is 29.6. The highest BCUT2D eigenvalue weighted by atomic mass is 19.1. The number of fused-ring (bicyclic) bond motifs is 4. The van der Waals surface area contributed by atoms with E-state index in [1.807, 2.05) is 18.2 Å². The number of nitrogens with zero attached hydrogens (tertiary/aromatic N) is 6. The fourth-order valence-corrected chi connectivity index (χ4v) is 6.00. The van der Waals surface area contributed by atoms with Gasteiger partial charge < -0.3 is 0 Å². The Morgan fingerprint density at radius 2 is 1.00 bits per heavy atom. The number of benzene rings is 4. The summed E-state index contributed by atoms with van der Waals surface area (Å²) in [7, 11) is 0. The molecule has 0 bridgehead atoms. The van der Waals surface area contributed by atoms with E-state index in [9.17, 15) is 24.6 Å². The summed E-state index contributed by atoms with van der Waals surface area (Å²) in [6.07, 6.45) is 0.